The Bertz CT molecular complexity index is 1250. The van der Waals surface area contributed by atoms with Gasteiger partial charge in [-0.2, -0.15) is 0 Å². The van der Waals surface area contributed by atoms with Crippen LogP contribution in [0.5, 0.6) is 0 Å². The summed E-state index contributed by atoms with van der Waals surface area (Å²) in [6, 6.07) is 24.1. The van der Waals surface area contributed by atoms with Crippen molar-refractivity contribution >= 4 is 5.95 Å². The minimum Gasteiger partial charge on any atom is -0.370 e. The first-order valence-corrected chi connectivity index (χ1v) is 10.7. The second-order valence-electron chi connectivity index (χ2n) is 7.87. The van der Waals surface area contributed by atoms with Crippen LogP contribution in [0.15, 0.2) is 90.0 Å². The maximum atomic E-state index is 12.6. The molecule has 1 aliphatic heterocycles. The molecule has 2 aromatic carbocycles. The summed E-state index contributed by atoms with van der Waals surface area (Å²) in [6.45, 7) is 1.88. The van der Waals surface area contributed by atoms with E-state index >= 15 is 0 Å². The third-order valence-electron chi connectivity index (χ3n) is 5.83. The lowest BCUT2D eigenvalue weighted by Crippen LogP contribution is -2.41. The van der Waals surface area contributed by atoms with Crippen LogP contribution in [0.1, 0.15) is 11.7 Å². The molecule has 0 saturated carbocycles. The second kappa shape index (κ2) is 8.77. The summed E-state index contributed by atoms with van der Waals surface area (Å²) in [5.41, 5.74) is 4.93. The van der Waals surface area contributed by atoms with Gasteiger partial charge in [0.05, 0.1) is 18.8 Å². The molecule has 1 fully saturated rings. The molecule has 2 aromatic heterocycles. The zero-order chi connectivity index (χ0) is 21.9. The van der Waals surface area contributed by atoms with E-state index < -0.39 is 0 Å². The number of nitrogens with zero attached hydrogens (tertiary/aromatic N) is 4. The number of morpholine rings is 1. The molecule has 6 nitrogen and oxygen atoms in total. The Balaban J connectivity index is 1.41. The topological polar surface area (TPSA) is 60.2 Å². The van der Waals surface area contributed by atoms with Crippen molar-refractivity contribution in [3.8, 4) is 22.4 Å². The van der Waals surface area contributed by atoms with Gasteiger partial charge in [0.25, 0.3) is 5.56 Å². The molecule has 1 saturated heterocycles. The summed E-state index contributed by atoms with van der Waals surface area (Å²) in [5.74, 6) is 0.651. The molecule has 3 heterocycles. The predicted molar refractivity (Wildman–Crippen MR) is 125 cm³/mol. The number of hydrogen-bond donors (Lipinski definition) is 0. The number of rotatable bonds is 4. The first-order chi connectivity index (χ1) is 15.7. The summed E-state index contributed by atoms with van der Waals surface area (Å²) < 4.78 is 7.68. The van der Waals surface area contributed by atoms with Crippen LogP contribution in [0.4, 0.5) is 5.95 Å². The average molecular weight is 425 g/mol. The Hall–Kier alpha value is -3.77. The van der Waals surface area contributed by atoms with Gasteiger partial charge in [0.2, 0.25) is 5.95 Å². The van der Waals surface area contributed by atoms with Gasteiger partial charge in [-0.1, -0.05) is 54.6 Å². The fraction of sp³-hybridized carbons (Fsp3) is 0.192. The summed E-state index contributed by atoms with van der Waals surface area (Å²) in [7, 11) is 1.76. The summed E-state index contributed by atoms with van der Waals surface area (Å²) in [4.78, 5) is 23.6. The molecule has 32 heavy (non-hydrogen) atoms. The Morgan fingerprint density at radius 3 is 2.38 bits per heavy atom. The standard InChI is InChI=1S/C26H24N4O2/c1-29-25(31)17-23(21-11-13-27-14-12-21)28-26(29)30-15-16-32-24(18-30)22-9-7-20(8-10-22)19-5-3-2-4-6-19/h2-14,17,24H,15-16,18H2,1H3. The maximum absolute atomic E-state index is 12.6. The molecular weight excluding hydrogens is 400 g/mol. The van der Waals surface area contributed by atoms with E-state index in [-0.39, 0.29) is 11.7 Å². The molecule has 0 aliphatic carbocycles. The third kappa shape index (κ3) is 4.05. The molecule has 0 amide bonds. The first kappa shape index (κ1) is 20.2. The quantitative estimate of drug-likeness (QED) is 0.494. The zero-order valence-electron chi connectivity index (χ0n) is 17.9. The van der Waals surface area contributed by atoms with Crippen LogP contribution in [0.25, 0.3) is 22.4 Å². The minimum atomic E-state index is -0.0879. The summed E-state index contributed by atoms with van der Waals surface area (Å²) in [6.07, 6.45) is 3.32. The largest absolute Gasteiger partial charge is 0.370 e. The number of pyridine rings is 1. The van der Waals surface area contributed by atoms with Crippen molar-refractivity contribution < 1.29 is 4.74 Å². The molecule has 0 bridgehead atoms. The molecule has 1 atom stereocenters. The highest BCUT2D eigenvalue weighted by atomic mass is 16.5. The number of benzene rings is 2. The lowest BCUT2D eigenvalue weighted by atomic mass is 10.0. The molecule has 0 N–H and O–H groups in total. The highest BCUT2D eigenvalue weighted by molar-refractivity contribution is 5.63. The van der Waals surface area contributed by atoms with E-state index in [1.807, 2.05) is 30.3 Å². The highest BCUT2D eigenvalue weighted by Crippen LogP contribution is 2.28. The average Bonchev–Trinajstić information content (AvgIpc) is 2.87. The summed E-state index contributed by atoms with van der Waals surface area (Å²) >= 11 is 0. The number of anilines is 1. The van der Waals surface area contributed by atoms with Gasteiger partial charge >= 0.3 is 0 Å². The SMILES string of the molecule is Cn1c(N2CCOC(c3ccc(-c4ccccc4)cc3)C2)nc(-c2ccncc2)cc1=O. The Labute approximate surface area is 186 Å². The van der Waals surface area contributed by atoms with Gasteiger partial charge in [-0.15, -0.1) is 0 Å². The molecule has 6 heteroatoms. The van der Waals surface area contributed by atoms with Gasteiger partial charge in [0, 0.05) is 37.6 Å². The van der Waals surface area contributed by atoms with Crippen LogP contribution in [0, 0.1) is 0 Å². The molecule has 160 valence electrons. The van der Waals surface area contributed by atoms with Crippen LogP contribution in [0.2, 0.25) is 0 Å². The third-order valence-corrected chi connectivity index (χ3v) is 5.83. The summed E-state index contributed by atoms with van der Waals surface area (Å²) in [5, 5.41) is 0. The van der Waals surface area contributed by atoms with Gasteiger partial charge < -0.3 is 9.64 Å². The molecular formula is C26H24N4O2. The van der Waals surface area contributed by atoms with Gasteiger partial charge in [0.15, 0.2) is 0 Å². The van der Waals surface area contributed by atoms with Crippen LogP contribution in [0.3, 0.4) is 0 Å². The lowest BCUT2D eigenvalue weighted by molar-refractivity contribution is 0.0390. The van der Waals surface area contributed by atoms with Crippen molar-refractivity contribution in [1.29, 1.82) is 0 Å². The maximum Gasteiger partial charge on any atom is 0.255 e. The minimum absolute atomic E-state index is 0.0860. The number of hydrogen-bond acceptors (Lipinski definition) is 5. The van der Waals surface area contributed by atoms with Crippen LogP contribution < -0.4 is 10.5 Å². The van der Waals surface area contributed by atoms with Crippen LogP contribution in [-0.4, -0.2) is 34.2 Å². The smallest absolute Gasteiger partial charge is 0.255 e. The zero-order valence-corrected chi connectivity index (χ0v) is 17.9. The normalized spacial score (nSPS) is 16.2. The van der Waals surface area contributed by atoms with Gasteiger partial charge in [-0.25, -0.2) is 4.98 Å². The van der Waals surface area contributed by atoms with Crippen molar-refractivity contribution in [3.63, 3.8) is 0 Å². The number of aromatic nitrogens is 3. The van der Waals surface area contributed by atoms with E-state index in [1.54, 1.807) is 30.1 Å². The highest BCUT2D eigenvalue weighted by Gasteiger charge is 2.25. The van der Waals surface area contributed by atoms with Crippen molar-refractivity contribution in [3.05, 3.63) is 101 Å². The number of ether oxygens (including phenoxy) is 1. The van der Waals surface area contributed by atoms with E-state index in [9.17, 15) is 4.79 Å². The molecule has 0 radical (unpaired) electrons. The van der Waals surface area contributed by atoms with Gasteiger partial charge in [0.1, 0.15) is 6.10 Å². The predicted octanol–water partition coefficient (Wildman–Crippen LogP) is 4.09. The van der Waals surface area contributed by atoms with Crippen molar-refractivity contribution in [1.82, 2.24) is 14.5 Å². The van der Waals surface area contributed by atoms with E-state index in [0.29, 0.717) is 31.3 Å². The Morgan fingerprint density at radius 2 is 1.62 bits per heavy atom. The van der Waals surface area contributed by atoms with Crippen molar-refractivity contribution in [2.45, 2.75) is 6.10 Å². The van der Waals surface area contributed by atoms with Crippen molar-refractivity contribution in [2.24, 2.45) is 7.05 Å². The van der Waals surface area contributed by atoms with E-state index in [1.165, 1.54) is 11.1 Å². The van der Waals surface area contributed by atoms with Crippen LogP contribution in [-0.2, 0) is 11.8 Å². The first-order valence-electron chi connectivity index (χ1n) is 10.7. The van der Waals surface area contributed by atoms with E-state index in [0.717, 1.165) is 11.1 Å². The lowest BCUT2D eigenvalue weighted by Gasteiger charge is -2.34. The molecule has 5 rings (SSSR count). The monoisotopic (exact) mass is 424 g/mol. The fourth-order valence-corrected chi connectivity index (χ4v) is 4.03. The Morgan fingerprint density at radius 1 is 0.906 bits per heavy atom. The molecule has 4 aromatic rings. The van der Waals surface area contributed by atoms with E-state index in [4.69, 9.17) is 9.72 Å². The molecule has 1 aliphatic rings. The fourth-order valence-electron chi connectivity index (χ4n) is 4.03. The van der Waals surface area contributed by atoms with Gasteiger partial charge in [-0.3, -0.25) is 14.3 Å². The molecule has 1 unspecified atom stereocenters. The Kier molecular flexibility index (Phi) is 5.52. The van der Waals surface area contributed by atoms with Crippen molar-refractivity contribution in [2.75, 3.05) is 24.6 Å². The van der Waals surface area contributed by atoms with Gasteiger partial charge in [-0.05, 0) is 28.8 Å². The van der Waals surface area contributed by atoms with E-state index in [2.05, 4.69) is 46.3 Å². The van der Waals surface area contributed by atoms with Crippen LogP contribution >= 0.6 is 0 Å². The molecule has 0 spiro atoms. The second-order valence-corrected chi connectivity index (χ2v) is 7.87.